The van der Waals surface area contributed by atoms with Crippen LogP contribution in [0.25, 0.3) is 0 Å². The summed E-state index contributed by atoms with van der Waals surface area (Å²) in [6.07, 6.45) is 6.68. The SMILES string of the molecule is CCCC1(C(=O)NC2CCC(C)C(C)C2)CCNC1. The molecule has 0 aromatic heterocycles. The van der Waals surface area contributed by atoms with Gasteiger partial charge in [-0.2, -0.15) is 0 Å². The van der Waals surface area contributed by atoms with Crippen LogP contribution in [0.5, 0.6) is 0 Å². The number of hydrogen-bond acceptors (Lipinski definition) is 2. The molecule has 1 saturated heterocycles. The summed E-state index contributed by atoms with van der Waals surface area (Å²) >= 11 is 0. The number of carbonyl (C=O) groups is 1. The molecule has 110 valence electrons. The topological polar surface area (TPSA) is 41.1 Å². The highest BCUT2D eigenvalue weighted by Gasteiger charge is 2.41. The lowest BCUT2D eigenvalue weighted by Gasteiger charge is -2.35. The molecule has 4 atom stereocenters. The third-order valence-corrected chi connectivity index (χ3v) is 5.39. The van der Waals surface area contributed by atoms with Crippen LogP contribution in [-0.4, -0.2) is 25.0 Å². The predicted molar refractivity (Wildman–Crippen MR) is 78.9 cm³/mol. The molecule has 2 N–H and O–H groups in total. The maximum Gasteiger partial charge on any atom is 0.227 e. The molecule has 4 unspecified atom stereocenters. The van der Waals surface area contributed by atoms with Crippen molar-refractivity contribution in [1.29, 1.82) is 0 Å². The van der Waals surface area contributed by atoms with E-state index in [1.165, 1.54) is 6.42 Å². The van der Waals surface area contributed by atoms with Crippen molar-refractivity contribution in [1.82, 2.24) is 10.6 Å². The fraction of sp³-hybridized carbons (Fsp3) is 0.938. The second-order valence-corrected chi connectivity index (χ2v) is 6.90. The Bertz CT molecular complexity index is 310. The second kappa shape index (κ2) is 6.25. The smallest absolute Gasteiger partial charge is 0.227 e. The number of amides is 1. The van der Waals surface area contributed by atoms with Gasteiger partial charge in [0.05, 0.1) is 5.41 Å². The summed E-state index contributed by atoms with van der Waals surface area (Å²) < 4.78 is 0. The summed E-state index contributed by atoms with van der Waals surface area (Å²) in [6, 6.07) is 0.410. The van der Waals surface area contributed by atoms with E-state index in [0.29, 0.717) is 11.9 Å². The molecule has 0 radical (unpaired) electrons. The van der Waals surface area contributed by atoms with Gasteiger partial charge in [-0.3, -0.25) is 4.79 Å². The van der Waals surface area contributed by atoms with Crippen molar-refractivity contribution in [3.63, 3.8) is 0 Å². The first-order chi connectivity index (χ1) is 9.07. The van der Waals surface area contributed by atoms with Crippen molar-refractivity contribution >= 4 is 5.91 Å². The number of rotatable bonds is 4. The molecule has 3 nitrogen and oxygen atoms in total. The van der Waals surface area contributed by atoms with Gasteiger partial charge >= 0.3 is 0 Å². The van der Waals surface area contributed by atoms with E-state index in [1.54, 1.807) is 0 Å². The Kier molecular flexibility index (Phi) is 4.88. The van der Waals surface area contributed by atoms with E-state index in [1.807, 2.05) is 0 Å². The second-order valence-electron chi connectivity index (χ2n) is 6.90. The fourth-order valence-electron chi connectivity index (χ4n) is 3.76. The normalized spacial score (nSPS) is 39.2. The van der Waals surface area contributed by atoms with Crippen molar-refractivity contribution in [2.45, 2.75) is 65.3 Å². The summed E-state index contributed by atoms with van der Waals surface area (Å²) in [5, 5.41) is 6.73. The zero-order valence-electron chi connectivity index (χ0n) is 12.8. The maximum atomic E-state index is 12.7. The van der Waals surface area contributed by atoms with Crippen LogP contribution in [0.4, 0.5) is 0 Å². The highest BCUT2D eigenvalue weighted by Crippen LogP contribution is 2.33. The van der Waals surface area contributed by atoms with Crippen LogP contribution in [0.3, 0.4) is 0 Å². The molecule has 0 aromatic rings. The van der Waals surface area contributed by atoms with Crippen LogP contribution in [0, 0.1) is 17.3 Å². The summed E-state index contributed by atoms with van der Waals surface area (Å²) in [5.41, 5.74) is -0.124. The lowest BCUT2D eigenvalue weighted by Crippen LogP contribution is -2.48. The number of hydrogen-bond donors (Lipinski definition) is 2. The van der Waals surface area contributed by atoms with Crippen molar-refractivity contribution in [3.8, 4) is 0 Å². The molecule has 1 heterocycles. The molecule has 0 bridgehead atoms. The Hall–Kier alpha value is -0.570. The Labute approximate surface area is 117 Å². The monoisotopic (exact) mass is 266 g/mol. The standard InChI is InChI=1S/C16H30N2O/c1-4-7-16(8-9-17-11-16)15(19)18-14-6-5-12(2)13(3)10-14/h12-14,17H,4-11H2,1-3H3,(H,18,19). The summed E-state index contributed by atoms with van der Waals surface area (Å²) in [7, 11) is 0. The first-order valence-electron chi connectivity index (χ1n) is 8.09. The molecule has 2 rings (SSSR count). The van der Waals surface area contributed by atoms with Gasteiger partial charge in [-0.25, -0.2) is 0 Å². The Balaban J connectivity index is 1.92. The van der Waals surface area contributed by atoms with Gasteiger partial charge in [0, 0.05) is 12.6 Å². The van der Waals surface area contributed by atoms with Gasteiger partial charge in [-0.15, -0.1) is 0 Å². The van der Waals surface area contributed by atoms with Crippen LogP contribution in [0.2, 0.25) is 0 Å². The first kappa shape index (κ1) is 14.8. The molecule has 0 spiro atoms. The summed E-state index contributed by atoms with van der Waals surface area (Å²) in [6.45, 7) is 8.69. The van der Waals surface area contributed by atoms with Gasteiger partial charge in [0.1, 0.15) is 0 Å². The van der Waals surface area contributed by atoms with Crippen molar-refractivity contribution in [2.75, 3.05) is 13.1 Å². The molecular weight excluding hydrogens is 236 g/mol. The molecule has 19 heavy (non-hydrogen) atoms. The molecule has 3 heteroatoms. The quantitative estimate of drug-likeness (QED) is 0.821. The van der Waals surface area contributed by atoms with Gasteiger partial charge in [0.2, 0.25) is 5.91 Å². The van der Waals surface area contributed by atoms with E-state index in [4.69, 9.17) is 0 Å². The van der Waals surface area contributed by atoms with Crippen molar-refractivity contribution < 1.29 is 4.79 Å². The van der Waals surface area contributed by atoms with Crippen molar-refractivity contribution in [2.24, 2.45) is 17.3 Å². The van der Waals surface area contributed by atoms with Crippen LogP contribution >= 0.6 is 0 Å². The predicted octanol–water partition coefficient (Wildman–Crippen LogP) is 2.71. The molecule has 2 fully saturated rings. The van der Waals surface area contributed by atoms with Crippen LogP contribution in [-0.2, 0) is 4.79 Å². The summed E-state index contributed by atoms with van der Waals surface area (Å²) in [4.78, 5) is 12.7. The zero-order chi connectivity index (χ0) is 13.9. The van der Waals surface area contributed by atoms with Gasteiger partial charge < -0.3 is 10.6 Å². The third kappa shape index (κ3) is 3.31. The highest BCUT2D eigenvalue weighted by atomic mass is 16.2. The molecule has 1 aliphatic carbocycles. The van der Waals surface area contributed by atoms with Gasteiger partial charge in [0.25, 0.3) is 0 Å². The number of carbonyl (C=O) groups excluding carboxylic acids is 1. The minimum absolute atomic E-state index is 0.124. The maximum absolute atomic E-state index is 12.7. The molecule has 1 amide bonds. The minimum atomic E-state index is -0.124. The molecule has 1 aliphatic heterocycles. The summed E-state index contributed by atoms with van der Waals surface area (Å²) in [5.74, 6) is 1.86. The average Bonchev–Trinajstić information content (AvgIpc) is 2.84. The van der Waals surface area contributed by atoms with E-state index >= 15 is 0 Å². The molecule has 2 aliphatic rings. The third-order valence-electron chi connectivity index (χ3n) is 5.39. The lowest BCUT2D eigenvalue weighted by atomic mass is 9.77. The minimum Gasteiger partial charge on any atom is -0.353 e. The molecule has 1 saturated carbocycles. The molecule has 0 aromatic carbocycles. The van der Waals surface area contributed by atoms with Crippen molar-refractivity contribution in [3.05, 3.63) is 0 Å². The largest absolute Gasteiger partial charge is 0.353 e. The van der Waals surface area contributed by atoms with Gasteiger partial charge in [-0.05, 0) is 50.5 Å². The van der Waals surface area contributed by atoms with Crippen LogP contribution in [0.15, 0.2) is 0 Å². The Morgan fingerprint density at radius 3 is 2.68 bits per heavy atom. The van der Waals surface area contributed by atoms with Crippen LogP contribution in [0.1, 0.15) is 59.3 Å². The van der Waals surface area contributed by atoms with E-state index in [2.05, 4.69) is 31.4 Å². The van der Waals surface area contributed by atoms with Gasteiger partial charge in [0.15, 0.2) is 0 Å². The zero-order valence-corrected chi connectivity index (χ0v) is 12.8. The Morgan fingerprint density at radius 2 is 2.11 bits per heavy atom. The van der Waals surface area contributed by atoms with E-state index in [0.717, 1.165) is 57.0 Å². The highest BCUT2D eigenvalue weighted by molar-refractivity contribution is 5.83. The van der Waals surface area contributed by atoms with E-state index in [9.17, 15) is 4.79 Å². The molecular formula is C16H30N2O. The van der Waals surface area contributed by atoms with E-state index < -0.39 is 0 Å². The van der Waals surface area contributed by atoms with E-state index in [-0.39, 0.29) is 5.41 Å². The fourth-order valence-corrected chi connectivity index (χ4v) is 3.76. The lowest BCUT2D eigenvalue weighted by molar-refractivity contribution is -0.131. The van der Waals surface area contributed by atoms with Gasteiger partial charge in [-0.1, -0.05) is 27.2 Å². The van der Waals surface area contributed by atoms with Crippen LogP contribution < -0.4 is 10.6 Å². The Morgan fingerprint density at radius 1 is 1.32 bits per heavy atom. The average molecular weight is 266 g/mol. The number of nitrogens with one attached hydrogen (secondary N) is 2. The first-order valence-corrected chi connectivity index (χ1v) is 8.09.